The number of ether oxygens (including phenoxy) is 2. The second-order valence-electron chi connectivity index (χ2n) is 5.67. The normalized spacial score (nSPS) is 10.4. The Morgan fingerprint density at radius 2 is 0.962 bits per heavy atom. The fraction of sp³-hybridized carbons (Fsp3) is 0.182. The van der Waals surface area contributed by atoms with Crippen LogP contribution in [0.4, 0.5) is 17.1 Å². The molecule has 0 bridgehead atoms. The second-order valence-corrected chi connectivity index (χ2v) is 6.58. The highest BCUT2D eigenvalue weighted by Crippen LogP contribution is 2.36. The lowest BCUT2D eigenvalue weighted by atomic mass is 10.2. The van der Waals surface area contributed by atoms with Gasteiger partial charge in [-0.1, -0.05) is 15.9 Å². The number of anilines is 3. The molecule has 3 aromatic carbocycles. The number of nitrogens with zero attached hydrogens (tertiary/aromatic N) is 1. The van der Waals surface area contributed by atoms with Gasteiger partial charge in [-0.05, 0) is 86.6 Å². The van der Waals surface area contributed by atoms with Crippen LogP contribution >= 0.6 is 15.9 Å². The molecule has 0 fully saturated rings. The number of benzene rings is 3. The maximum Gasteiger partial charge on any atom is 0.119 e. The Bertz CT molecular complexity index is 765. The average Bonchev–Trinajstić information content (AvgIpc) is 2.67. The van der Waals surface area contributed by atoms with Crippen LogP contribution in [0.5, 0.6) is 11.5 Å². The SMILES string of the molecule is CCOc1ccc(N(c2ccc(Br)cc2)c2ccc(OCC)cc2)cc1. The number of halogens is 1. The molecule has 0 unspecified atom stereocenters. The minimum Gasteiger partial charge on any atom is -0.494 e. The van der Waals surface area contributed by atoms with Crippen molar-refractivity contribution >= 4 is 33.0 Å². The average molecular weight is 412 g/mol. The Hall–Kier alpha value is -2.46. The van der Waals surface area contributed by atoms with Gasteiger partial charge in [0, 0.05) is 21.5 Å². The maximum absolute atomic E-state index is 5.57. The summed E-state index contributed by atoms with van der Waals surface area (Å²) in [6, 6.07) is 24.6. The van der Waals surface area contributed by atoms with Gasteiger partial charge in [-0.25, -0.2) is 0 Å². The minimum absolute atomic E-state index is 0.661. The molecule has 26 heavy (non-hydrogen) atoms. The van der Waals surface area contributed by atoms with Gasteiger partial charge in [-0.15, -0.1) is 0 Å². The minimum atomic E-state index is 0.661. The molecule has 0 radical (unpaired) electrons. The Balaban J connectivity index is 1.99. The van der Waals surface area contributed by atoms with Gasteiger partial charge in [0.2, 0.25) is 0 Å². The fourth-order valence-electron chi connectivity index (χ4n) is 2.75. The van der Waals surface area contributed by atoms with E-state index < -0.39 is 0 Å². The van der Waals surface area contributed by atoms with E-state index in [4.69, 9.17) is 9.47 Å². The summed E-state index contributed by atoms with van der Waals surface area (Å²) in [6.45, 7) is 5.30. The Kier molecular flexibility index (Phi) is 6.18. The molecule has 3 nitrogen and oxygen atoms in total. The molecular weight excluding hydrogens is 390 g/mol. The third-order valence-electron chi connectivity index (χ3n) is 3.90. The van der Waals surface area contributed by atoms with Crippen molar-refractivity contribution in [2.75, 3.05) is 18.1 Å². The zero-order valence-electron chi connectivity index (χ0n) is 15.0. The van der Waals surface area contributed by atoms with Crippen LogP contribution in [0.1, 0.15) is 13.8 Å². The Labute approximate surface area is 163 Å². The summed E-state index contributed by atoms with van der Waals surface area (Å²) in [5.74, 6) is 1.75. The molecule has 0 saturated heterocycles. The van der Waals surface area contributed by atoms with Crippen LogP contribution in [0, 0.1) is 0 Å². The molecule has 3 rings (SSSR count). The first-order chi connectivity index (χ1) is 12.7. The molecule has 0 spiro atoms. The second kappa shape index (κ2) is 8.77. The highest BCUT2D eigenvalue weighted by molar-refractivity contribution is 9.10. The van der Waals surface area contributed by atoms with E-state index in [0.717, 1.165) is 33.0 Å². The van der Waals surface area contributed by atoms with Crippen LogP contribution in [0.25, 0.3) is 0 Å². The standard InChI is InChI=1S/C22H22BrNO2/c1-3-25-21-13-9-19(10-14-21)24(18-7-5-17(23)6-8-18)20-11-15-22(16-12-20)26-4-2/h5-16H,3-4H2,1-2H3. The van der Waals surface area contributed by atoms with Crippen LogP contribution in [0.15, 0.2) is 77.3 Å². The predicted octanol–water partition coefficient (Wildman–Crippen LogP) is 6.72. The molecular formula is C22H22BrNO2. The molecule has 0 aliphatic heterocycles. The molecule has 0 heterocycles. The van der Waals surface area contributed by atoms with Crippen molar-refractivity contribution in [1.82, 2.24) is 0 Å². The van der Waals surface area contributed by atoms with Crippen molar-refractivity contribution in [1.29, 1.82) is 0 Å². The van der Waals surface area contributed by atoms with Gasteiger partial charge in [0.25, 0.3) is 0 Å². The third kappa shape index (κ3) is 4.38. The molecule has 0 aliphatic rings. The molecule has 0 atom stereocenters. The quantitative estimate of drug-likeness (QED) is 0.430. The first-order valence-electron chi connectivity index (χ1n) is 8.72. The van der Waals surface area contributed by atoms with Gasteiger partial charge in [0.05, 0.1) is 13.2 Å². The summed E-state index contributed by atoms with van der Waals surface area (Å²) in [5, 5.41) is 0. The van der Waals surface area contributed by atoms with E-state index in [2.05, 4.69) is 57.2 Å². The van der Waals surface area contributed by atoms with E-state index in [1.807, 2.05) is 50.2 Å². The van der Waals surface area contributed by atoms with Gasteiger partial charge in [0.15, 0.2) is 0 Å². The van der Waals surface area contributed by atoms with Gasteiger partial charge in [0.1, 0.15) is 11.5 Å². The molecule has 3 aromatic rings. The zero-order chi connectivity index (χ0) is 18.4. The third-order valence-corrected chi connectivity index (χ3v) is 4.43. The topological polar surface area (TPSA) is 21.7 Å². The van der Waals surface area contributed by atoms with Crippen molar-refractivity contribution in [3.63, 3.8) is 0 Å². The molecule has 0 saturated carbocycles. The maximum atomic E-state index is 5.57. The van der Waals surface area contributed by atoms with E-state index in [0.29, 0.717) is 13.2 Å². The number of hydrogen-bond donors (Lipinski definition) is 0. The van der Waals surface area contributed by atoms with Crippen molar-refractivity contribution in [2.24, 2.45) is 0 Å². The molecule has 0 aromatic heterocycles. The fourth-order valence-corrected chi connectivity index (χ4v) is 3.02. The number of rotatable bonds is 7. The van der Waals surface area contributed by atoms with Crippen molar-refractivity contribution < 1.29 is 9.47 Å². The molecule has 134 valence electrons. The van der Waals surface area contributed by atoms with Crippen molar-refractivity contribution in [2.45, 2.75) is 13.8 Å². The van der Waals surface area contributed by atoms with Crippen LogP contribution in [-0.4, -0.2) is 13.2 Å². The monoisotopic (exact) mass is 411 g/mol. The van der Waals surface area contributed by atoms with Crippen LogP contribution < -0.4 is 14.4 Å². The molecule has 0 N–H and O–H groups in total. The smallest absolute Gasteiger partial charge is 0.119 e. The summed E-state index contributed by atoms with van der Waals surface area (Å²) in [5.41, 5.74) is 3.22. The van der Waals surface area contributed by atoms with E-state index in [1.165, 1.54) is 0 Å². The highest BCUT2D eigenvalue weighted by Gasteiger charge is 2.12. The highest BCUT2D eigenvalue weighted by atomic mass is 79.9. The summed E-state index contributed by atoms with van der Waals surface area (Å²) in [6.07, 6.45) is 0. The summed E-state index contributed by atoms with van der Waals surface area (Å²) in [7, 11) is 0. The summed E-state index contributed by atoms with van der Waals surface area (Å²) < 4.78 is 12.2. The van der Waals surface area contributed by atoms with Gasteiger partial charge in [-0.2, -0.15) is 0 Å². The lowest BCUT2D eigenvalue weighted by Gasteiger charge is -2.26. The van der Waals surface area contributed by atoms with Crippen LogP contribution in [0.3, 0.4) is 0 Å². The summed E-state index contributed by atoms with van der Waals surface area (Å²) >= 11 is 3.51. The van der Waals surface area contributed by atoms with E-state index in [9.17, 15) is 0 Å². The van der Waals surface area contributed by atoms with Gasteiger partial charge >= 0.3 is 0 Å². The Morgan fingerprint density at radius 3 is 1.31 bits per heavy atom. The lowest BCUT2D eigenvalue weighted by molar-refractivity contribution is 0.340. The molecule has 0 amide bonds. The Morgan fingerprint density at radius 1 is 0.615 bits per heavy atom. The molecule has 4 heteroatoms. The number of hydrogen-bond acceptors (Lipinski definition) is 3. The van der Waals surface area contributed by atoms with Crippen molar-refractivity contribution in [3.05, 3.63) is 77.3 Å². The lowest BCUT2D eigenvalue weighted by Crippen LogP contribution is -2.09. The van der Waals surface area contributed by atoms with E-state index in [-0.39, 0.29) is 0 Å². The first kappa shape index (κ1) is 18.3. The van der Waals surface area contributed by atoms with E-state index >= 15 is 0 Å². The summed E-state index contributed by atoms with van der Waals surface area (Å²) in [4.78, 5) is 2.21. The zero-order valence-corrected chi connectivity index (χ0v) is 16.6. The molecule has 0 aliphatic carbocycles. The van der Waals surface area contributed by atoms with Crippen molar-refractivity contribution in [3.8, 4) is 11.5 Å². The van der Waals surface area contributed by atoms with E-state index in [1.54, 1.807) is 0 Å². The first-order valence-corrected chi connectivity index (χ1v) is 9.52. The largest absolute Gasteiger partial charge is 0.494 e. The van der Waals surface area contributed by atoms with Gasteiger partial charge in [-0.3, -0.25) is 0 Å². The van der Waals surface area contributed by atoms with Crippen LogP contribution in [-0.2, 0) is 0 Å². The van der Waals surface area contributed by atoms with Gasteiger partial charge < -0.3 is 14.4 Å². The predicted molar refractivity (Wildman–Crippen MR) is 111 cm³/mol. The van der Waals surface area contributed by atoms with Crippen LogP contribution in [0.2, 0.25) is 0 Å².